The molecule has 0 aliphatic heterocycles. The molecule has 1 aromatic carbocycles. The molecule has 0 spiro atoms. The van der Waals surface area contributed by atoms with Gasteiger partial charge in [0.25, 0.3) is 0 Å². The molecular formula is C17H29N3O3. The summed E-state index contributed by atoms with van der Waals surface area (Å²) in [7, 11) is 3.21. The van der Waals surface area contributed by atoms with Crippen molar-refractivity contribution in [2.24, 2.45) is 16.6 Å². The van der Waals surface area contributed by atoms with Gasteiger partial charge in [-0.05, 0) is 36.5 Å². The Hall–Kier alpha value is -1.95. The predicted octanol–water partition coefficient (Wildman–Crippen LogP) is 1.91. The Morgan fingerprint density at radius 2 is 2.00 bits per heavy atom. The van der Waals surface area contributed by atoms with E-state index in [2.05, 4.69) is 17.2 Å². The summed E-state index contributed by atoms with van der Waals surface area (Å²) < 4.78 is 10.5. The molecule has 130 valence electrons. The maximum atomic E-state index is 9.06. The number of nitrogens with one attached hydrogen (secondary N) is 1. The molecule has 1 unspecified atom stereocenters. The standard InChI is InChI=1S/C17H29N3O3/c1-4-5-13(8-9-21)11-19-17(18)20-12-14-6-7-15(22-2)16(10-14)23-3/h6-7,10,13,21H,4-5,8-9,11-12H2,1-3H3,(H3,18,19,20). The van der Waals surface area contributed by atoms with Gasteiger partial charge in [-0.2, -0.15) is 0 Å². The molecule has 1 rings (SSSR count). The maximum absolute atomic E-state index is 9.06. The molecule has 0 heterocycles. The molecular weight excluding hydrogens is 294 g/mol. The summed E-state index contributed by atoms with van der Waals surface area (Å²) in [6, 6.07) is 5.68. The number of benzene rings is 1. The van der Waals surface area contributed by atoms with E-state index in [1.807, 2.05) is 18.2 Å². The maximum Gasteiger partial charge on any atom is 0.188 e. The molecule has 0 fully saturated rings. The molecule has 6 nitrogen and oxygen atoms in total. The molecule has 0 aromatic heterocycles. The van der Waals surface area contributed by atoms with Gasteiger partial charge >= 0.3 is 0 Å². The molecule has 6 heteroatoms. The molecule has 0 aliphatic carbocycles. The topological polar surface area (TPSA) is 89.1 Å². The Balaban J connectivity index is 2.55. The number of aliphatic hydroxyl groups is 1. The van der Waals surface area contributed by atoms with Crippen molar-refractivity contribution < 1.29 is 14.6 Å². The molecule has 1 atom stereocenters. The first-order valence-electron chi connectivity index (χ1n) is 8.00. The largest absolute Gasteiger partial charge is 0.493 e. The number of methoxy groups -OCH3 is 2. The van der Waals surface area contributed by atoms with Crippen LogP contribution in [-0.4, -0.2) is 38.4 Å². The lowest BCUT2D eigenvalue weighted by Gasteiger charge is -2.16. The monoisotopic (exact) mass is 323 g/mol. The third kappa shape index (κ3) is 6.78. The van der Waals surface area contributed by atoms with E-state index in [1.165, 1.54) is 0 Å². The van der Waals surface area contributed by atoms with Gasteiger partial charge in [0.1, 0.15) is 0 Å². The first kappa shape index (κ1) is 19.1. The second-order valence-corrected chi connectivity index (χ2v) is 5.44. The lowest BCUT2D eigenvalue weighted by molar-refractivity contribution is 0.251. The average Bonchev–Trinajstić information content (AvgIpc) is 2.57. The van der Waals surface area contributed by atoms with Gasteiger partial charge in [-0.3, -0.25) is 0 Å². The Morgan fingerprint density at radius 1 is 1.26 bits per heavy atom. The number of hydrogen-bond acceptors (Lipinski definition) is 4. The number of ether oxygens (including phenoxy) is 2. The van der Waals surface area contributed by atoms with E-state index in [0.29, 0.717) is 29.9 Å². The summed E-state index contributed by atoms with van der Waals surface area (Å²) in [4.78, 5) is 4.34. The fourth-order valence-electron chi connectivity index (χ4n) is 2.40. The highest BCUT2D eigenvalue weighted by atomic mass is 16.5. The van der Waals surface area contributed by atoms with E-state index in [4.69, 9.17) is 20.3 Å². The van der Waals surface area contributed by atoms with Crippen LogP contribution in [0.1, 0.15) is 31.7 Å². The van der Waals surface area contributed by atoms with Crippen LogP contribution in [0.4, 0.5) is 0 Å². The van der Waals surface area contributed by atoms with Crippen molar-refractivity contribution in [2.45, 2.75) is 32.7 Å². The van der Waals surface area contributed by atoms with Crippen LogP contribution in [0.15, 0.2) is 23.2 Å². The number of guanidine groups is 1. The summed E-state index contributed by atoms with van der Waals surface area (Å²) in [6.07, 6.45) is 2.94. The summed E-state index contributed by atoms with van der Waals surface area (Å²) >= 11 is 0. The van der Waals surface area contributed by atoms with E-state index >= 15 is 0 Å². The van der Waals surface area contributed by atoms with Crippen LogP contribution in [0.2, 0.25) is 0 Å². The third-order valence-electron chi connectivity index (χ3n) is 3.69. The summed E-state index contributed by atoms with van der Waals surface area (Å²) in [5.41, 5.74) is 6.90. The van der Waals surface area contributed by atoms with Gasteiger partial charge < -0.3 is 25.6 Å². The normalized spacial score (nSPS) is 12.8. The Labute approximate surface area is 138 Å². The lowest BCUT2D eigenvalue weighted by atomic mass is 10.0. The minimum atomic E-state index is 0.203. The molecule has 0 bridgehead atoms. The van der Waals surface area contributed by atoms with Crippen molar-refractivity contribution in [1.82, 2.24) is 5.32 Å². The Kier molecular flexibility index (Phi) is 8.90. The smallest absolute Gasteiger partial charge is 0.188 e. The predicted molar refractivity (Wildman–Crippen MR) is 93.0 cm³/mol. The first-order chi connectivity index (χ1) is 11.1. The van der Waals surface area contributed by atoms with Gasteiger partial charge in [0.15, 0.2) is 17.5 Å². The van der Waals surface area contributed by atoms with Gasteiger partial charge in [0, 0.05) is 13.2 Å². The van der Waals surface area contributed by atoms with Crippen molar-refractivity contribution in [3.05, 3.63) is 23.8 Å². The number of aliphatic hydroxyl groups excluding tert-OH is 1. The van der Waals surface area contributed by atoms with Gasteiger partial charge in [-0.25, -0.2) is 4.99 Å². The number of rotatable bonds is 10. The zero-order valence-electron chi connectivity index (χ0n) is 14.3. The van der Waals surface area contributed by atoms with E-state index in [1.54, 1.807) is 14.2 Å². The fourth-order valence-corrected chi connectivity index (χ4v) is 2.40. The van der Waals surface area contributed by atoms with Gasteiger partial charge in [0.2, 0.25) is 0 Å². The molecule has 0 radical (unpaired) electrons. The zero-order valence-corrected chi connectivity index (χ0v) is 14.3. The van der Waals surface area contributed by atoms with E-state index in [0.717, 1.165) is 31.4 Å². The van der Waals surface area contributed by atoms with Crippen LogP contribution in [0, 0.1) is 5.92 Å². The molecule has 23 heavy (non-hydrogen) atoms. The highest BCUT2D eigenvalue weighted by Crippen LogP contribution is 2.27. The van der Waals surface area contributed by atoms with Crippen LogP contribution < -0.4 is 20.5 Å². The van der Waals surface area contributed by atoms with Crippen molar-refractivity contribution in [1.29, 1.82) is 0 Å². The molecule has 0 saturated heterocycles. The lowest BCUT2D eigenvalue weighted by Crippen LogP contribution is -2.35. The highest BCUT2D eigenvalue weighted by Gasteiger charge is 2.07. The molecule has 4 N–H and O–H groups in total. The van der Waals surface area contributed by atoms with Gasteiger partial charge in [-0.1, -0.05) is 19.4 Å². The first-order valence-corrected chi connectivity index (χ1v) is 8.00. The molecule has 0 amide bonds. The zero-order chi connectivity index (χ0) is 17.1. The average molecular weight is 323 g/mol. The van der Waals surface area contributed by atoms with Crippen molar-refractivity contribution in [3.8, 4) is 11.5 Å². The molecule has 1 aromatic rings. The van der Waals surface area contributed by atoms with Crippen LogP contribution in [0.5, 0.6) is 11.5 Å². The van der Waals surface area contributed by atoms with E-state index in [-0.39, 0.29) is 6.61 Å². The second-order valence-electron chi connectivity index (χ2n) is 5.44. The Morgan fingerprint density at radius 3 is 2.61 bits per heavy atom. The SMILES string of the molecule is CCCC(CCO)CNC(N)=NCc1ccc(OC)c(OC)c1. The van der Waals surface area contributed by atoms with E-state index in [9.17, 15) is 0 Å². The fraction of sp³-hybridized carbons (Fsp3) is 0.588. The molecule has 0 aliphatic rings. The number of nitrogens with two attached hydrogens (primary N) is 1. The second kappa shape index (κ2) is 10.7. The Bertz CT molecular complexity index is 486. The van der Waals surface area contributed by atoms with E-state index < -0.39 is 0 Å². The van der Waals surface area contributed by atoms with Crippen molar-refractivity contribution >= 4 is 5.96 Å². The number of nitrogens with zero attached hydrogens (tertiary/aromatic N) is 1. The minimum absolute atomic E-state index is 0.203. The van der Waals surface area contributed by atoms with Crippen molar-refractivity contribution in [3.63, 3.8) is 0 Å². The minimum Gasteiger partial charge on any atom is -0.493 e. The summed E-state index contributed by atoms with van der Waals surface area (Å²) in [5, 5.41) is 12.2. The quantitative estimate of drug-likeness (QED) is 0.452. The molecule has 0 saturated carbocycles. The number of aliphatic imine (C=N–C) groups is 1. The van der Waals surface area contributed by atoms with Crippen LogP contribution in [-0.2, 0) is 6.54 Å². The van der Waals surface area contributed by atoms with Crippen LogP contribution in [0.3, 0.4) is 0 Å². The summed E-state index contributed by atoms with van der Waals surface area (Å²) in [6.45, 7) is 3.54. The third-order valence-corrected chi connectivity index (χ3v) is 3.69. The number of hydrogen-bond donors (Lipinski definition) is 3. The van der Waals surface area contributed by atoms with Crippen LogP contribution in [0.25, 0.3) is 0 Å². The van der Waals surface area contributed by atoms with Gasteiger partial charge in [0.05, 0.1) is 20.8 Å². The van der Waals surface area contributed by atoms with Gasteiger partial charge in [-0.15, -0.1) is 0 Å². The summed E-state index contributed by atoms with van der Waals surface area (Å²) in [5.74, 6) is 2.20. The highest BCUT2D eigenvalue weighted by molar-refractivity contribution is 5.77. The van der Waals surface area contributed by atoms with Crippen molar-refractivity contribution in [2.75, 3.05) is 27.4 Å². The van der Waals surface area contributed by atoms with Crippen LogP contribution >= 0.6 is 0 Å².